The van der Waals surface area contributed by atoms with Gasteiger partial charge < -0.3 is 10.3 Å². The third kappa shape index (κ3) is 4.85. The van der Waals surface area contributed by atoms with Crippen LogP contribution in [-0.2, 0) is 0 Å². The van der Waals surface area contributed by atoms with Gasteiger partial charge in [-0.3, -0.25) is 10.1 Å². The number of rotatable bonds is 9. The normalized spacial score (nSPS) is 15.2. The van der Waals surface area contributed by atoms with Gasteiger partial charge in [-0.1, -0.05) is 31.6 Å². The minimum Gasteiger partial charge on any atom is -0.335 e. The van der Waals surface area contributed by atoms with Gasteiger partial charge in [0.25, 0.3) is 0 Å². The van der Waals surface area contributed by atoms with Crippen LogP contribution in [0.5, 0.6) is 0 Å². The molecule has 38 heavy (non-hydrogen) atoms. The molecular formula is C30H31N7S. The molecule has 1 saturated carbocycles. The molecule has 0 bridgehead atoms. The molecular weight excluding hydrogens is 490 g/mol. The number of aromatic amines is 2. The zero-order chi connectivity index (χ0) is 25.9. The number of hydrogen-bond acceptors (Lipinski definition) is 6. The average molecular weight is 522 g/mol. The Morgan fingerprint density at radius 3 is 2.82 bits per heavy atom. The van der Waals surface area contributed by atoms with Gasteiger partial charge in [0.05, 0.1) is 22.9 Å². The molecule has 1 aliphatic rings. The Kier molecular flexibility index (Phi) is 6.98. The molecule has 0 spiro atoms. The van der Waals surface area contributed by atoms with E-state index in [9.17, 15) is 0 Å². The summed E-state index contributed by atoms with van der Waals surface area (Å²) >= 11 is 1.66. The van der Waals surface area contributed by atoms with Crippen LogP contribution < -0.4 is 5.32 Å². The van der Waals surface area contributed by atoms with Crippen molar-refractivity contribution in [2.45, 2.75) is 32.6 Å². The first-order chi connectivity index (χ1) is 18.7. The van der Waals surface area contributed by atoms with Gasteiger partial charge in [-0.25, -0.2) is 9.97 Å². The van der Waals surface area contributed by atoms with Crippen molar-refractivity contribution in [3.63, 3.8) is 0 Å². The lowest BCUT2D eigenvalue weighted by Gasteiger charge is -2.11. The van der Waals surface area contributed by atoms with Crippen LogP contribution >= 0.6 is 11.3 Å². The Bertz CT molecular complexity index is 1630. The Balaban J connectivity index is 1.30. The van der Waals surface area contributed by atoms with Crippen molar-refractivity contribution in [1.29, 1.82) is 0 Å². The number of hydrogen-bond donors (Lipinski definition) is 3. The molecule has 1 fully saturated rings. The minimum absolute atomic E-state index is 0.667. The molecule has 3 N–H and O–H groups in total. The molecule has 0 atom stereocenters. The van der Waals surface area contributed by atoms with Gasteiger partial charge in [-0.2, -0.15) is 16.4 Å². The van der Waals surface area contributed by atoms with Crippen molar-refractivity contribution in [3.05, 3.63) is 77.4 Å². The molecule has 192 valence electrons. The molecule has 7 nitrogen and oxygen atoms in total. The van der Waals surface area contributed by atoms with Crippen molar-refractivity contribution in [1.82, 2.24) is 35.5 Å². The number of allylic oxidation sites excluding steroid dienone is 3. The van der Waals surface area contributed by atoms with Crippen LogP contribution in [0.4, 0.5) is 0 Å². The number of H-pyrrole nitrogens is 2. The second-order valence-corrected chi connectivity index (χ2v) is 10.6. The van der Waals surface area contributed by atoms with E-state index in [0.29, 0.717) is 11.5 Å². The Labute approximate surface area is 225 Å². The average Bonchev–Trinajstić information content (AvgIpc) is 3.76. The number of imidazole rings is 1. The van der Waals surface area contributed by atoms with Crippen molar-refractivity contribution in [2.75, 3.05) is 13.1 Å². The molecule has 5 aromatic rings. The molecule has 0 unspecified atom stereocenters. The maximum Gasteiger partial charge on any atom is 0.161 e. The van der Waals surface area contributed by atoms with Gasteiger partial charge in [0.1, 0.15) is 11.0 Å². The number of nitrogens with one attached hydrogen (secondary N) is 3. The maximum atomic E-state index is 5.02. The first-order valence-electron chi connectivity index (χ1n) is 13.2. The number of pyridine rings is 2. The summed E-state index contributed by atoms with van der Waals surface area (Å²) in [5, 5.41) is 15.5. The van der Waals surface area contributed by atoms with Gasteiger partial charge in [0.15, 0.2) is 11.5 Å². The van der Waals surface area contributed by atoms with Crippen LogP contribution in [0, 0.1) is 5.92 Å². The summed E-state index contributed by atoms with van der Waals surface area (Å²) in [6.07, 6.45) is 15.3. The van der Waals surface area contributed by atoms with Crippen LogP contribution in [0.2, 0.25) is 0 Å². The fraction of sp³-hybridized carbons (Fsp3) is 0.267. The molecule has 0 aromatic carbocycles. The zero-order valence-electron chi connectivity index (χ0n) is 21.5. The molecule has 8 heteroatoms. The second kappa shape index (κ2) is 10.8. The van der Waals surface area contributed by atoms with Crippen LogP contribution in [0.3, 0.4) is 0 Å². The van der Waals surface area contributed by atoms with E-state index >= 15 is 0 Å². The smallest absolute Gasteiger partial charge is 0.161 e. The molecule has 0 aliphatic heterocycles. The summed E-state index contributed by atoms with van der Waals surface area (Å²) in [6.45, 7) is 7.96. The van der Waals surface area contributed by atoms with E-state index in [1.165, 1.54) is 25.7 Å². The molecule has 0 saturated heterocycles. The SMILES string of the molecule is C=C/C(=C\C(=C/C)c1ccc2[nH]nc(-c3nc4c(-c5ccsc5)cncc4[nH]3)c2n1)CNCC1CCCC1. The van der Waals surface area contributed by atoms with Gasteiger partial charge in [0.2, 0.25) is 0 Å². The van der Waals surface area contributed by atoms with Crippen LogP contribution in [-0.4, -0.2) is 43.2 Å². The summed E-state index contributed by atoms with van der Waals surface area (Å²) in [4.78, 5) is 17.8. The highest BCUT2D eigenvalue weighted by Gasteiger charge is 2.18. The Hall–Kier alpha value is -3.88. The second-order valence-electron chi connectivity index (χ2n) is 9.79. The third-order valence-corrected chi connectivity index (χ3v) is 7.99. The highest BCUT2D eigenvalue weighted by atomic mass is 32.1. The van der Waals surface area contributed by atoms with Gasteiger partial charge in [-0.05, 0) is 84.0 Å². The number of fused-ring (bicyclic) bond motifs is 2. The Morgan fingerprint density at radius 2 is 2.03 bits per heavy atom. The fourth-order valence-corrected chi connectivity index (χ4v) is 5.88. The topological polar surface area (TPSA) is 95.2 Å². The summed E-state index contributed by atoms with van der Waals surface area (Å²) in [5.41, 5.74) is 9.26. The van der Waals surface area contributed by atoms with E-state index in [-0.39, 0.29) is 0 Å². The van der Waals surface area contributed by atoms with Crippen molar-refractivity contribution >= 4 is 39.0 Å². The van der Waals surface area contributed by atoms with Crippen LogP contribution in [0.25, 0.3) is 50.3 Å². The number of aromatic nitrogens is 6. The molecule has 1 aliphatic carbocycles. The molecule has 5 heterocycles. The minimum atomic E-state index is 0.667. The van der Waals surface area contributed by atoms with Gasteiger partial charge >= 0.3 is 0 Å². The lowest BCUT2D eigenvalue weighted by molar-refractivity contribution is 0.503. The van der Waals surface area contributed by atoms with Crippen molar-refractivity contribution < 1.29 is 0 Å². The number of nitrogens with zero attached hydrogens (tertiary/aromatic N) is 4. The van der Waals surface area contributed by atoms with Crippen molar-refractivity contribution in [2.24, 2.45) is 5.92 Å². The lowest BCUT2D eigenvalue weighted by Crippen LogP contribution is -2.23. The summed E-state index contributed by atoms with van der Waals surface area (Å²) in [7, 11) is 0. The zero-order valence-corrected chi connectivity index (χ0v) is 22.3. The van der Waals surface area contributed by atoms with Crippen LogP contribution in [0.15, 0.2) is 71.7 Å². The summed E-state index contributed by atoms with van der Waals surface area (Å²) < 4.78 is 0. The standard InChI is InChI=1S/C30H31N7S/c1-3-19(14-31-15-20-7-5-6-8-20)13-21(4-2)24-9-10-25-28(33-24)29(37-36-25)30-34-26-17-32-16-23(27(26)35-30)22-11-12-38-18-22/h3-4,9-13,16-18,20,31H,1,5-8,14-15H2,2H3,(H,34,35)(H,36,37)/b19-13+,21-4+. The molecule has 6 rings (SSSR count). The molecule has 0 radical (unpaired) electrons. The van der Waals surface area contributed by atoms with E-state index in [2.05, 4.69) is 61.0 Å². The predicted octanol–water partition coefficient (Wildman–Crippen LogP) is 6.92. The molecule has 5 aromatic heterocycles. The first-order valence-corrected chi connectivity index (χ1v) is 14.1. The monoisotopic (exact) mass is 521 g/mol. The quantitative estimate of drug-likeness (QED) is 0.183. The number of thiophene rings is 1. The largest absolute Gasteiger partial charge is 0.335 e. The first kappa shape index (κ1) is 24.5. The predicted molar refractivity (Wildman–Crippen MR) is 157 cm³/mol. The van der Waals surface area contributed by atoms with Crippen LogP contribution in [0.1, 0.15) is 38.3 Å². The highest BCUT2D eigenvalue weighted by Crippen LogP contribution is 2.32. The summed E-state index contributed by atoms with van der Waals surface area (Å²) in [6, 6.07) is 6.14. The van der Waals surface area contributed by atoms with E-state index < -0.39 is 0 Å². The highest BCUT2D eigenvalue weighted by molar-refractivity contribution is 7.08. The van der Waals surface area contributed by atoms with Gasteiger partial charge in [-0.15, -0.1) is 0 Å². The Morgan fingerprint density at radius 1 is 1.13 bits per heavy atom. The molecule has 0 amide bonds. The summed E-state index contributed by atoms with van der Waals surface area (Å²) in [5.74, 6) is 1.47. The third-order valence-electron chi connectivity index (χ3n) is 7.31. The van der Waals surface area contributed by atoms with E-state index in [4.69, 9.17) is 9.97 Å². The van der Waals surface area contributed by atoms with E-state index in [0.717, 1.165) is 69.0 Å². The maximum absolute atomic E-state index is 5.02. The van der Waals surface area contributed by atoms with E-state index in [1.54, 1.807) is 17.5 Å². The van der Waals surface area contributed by atoms with E-state index in [1.807, 2.05) is 31.3 Å². The fourth-order valence-electron chi connectivity index (χ4n) is 5.22. The van der Waals surface area contributed by atoms with Gasteiger partial charge in [0, 0.05) is 18.3 Å². The lowest BCUT2D eigenvalue weighted by atomic mass is 10.1. The van der Waals surface area contributed by atoms with Crippen molar-refractivity contribution in [3.8, 4) is 22.6 Å².